The van der Waals surface area contributed by atoms with Crippen molar-refractivity contribution in [3.05, 3.63) is 84.4 Å². The predicted molar refractivity (Wildman–Crippen MR) is 104 cm³/mol. The van der Waals surface area contributed by atoms with Crippen LogP contribution in [0.3, 0.4) is 0 Å². The molecule has 0 aliphatic carbocycles. The summed E-state index contributed by atoms with van der Waals surface area (Å²) in [6.07, 6.45) is 5.75. The SMILES string of the molecule is C#Cc1ccc2c(-c3ccccc3)cc3cccc4ccc1c2c43. The molecule has 0 spiro atoms. The van der Waals surface area contributed by atoms with Crippen molar-refractivity contribution in [3.63, 3.8) is 0 Å². The molecule has 0 unspecified atom stereocenters. The number of hydrogen-bond acceptors (Lipinski definition) is 0. The molecule has 5 aromatic rings. The van der Waals surface area contributed by atoms with E-state index in [0.717, 1.165) is 10.9 Å². The summed E-state index contributed by atoms with van der Waals surface area (Å²) in [5, 5.41) is 7.54. The molecule has 0 N–H and O–H groups in total. The van der Waals surface area contributed by atoms with Crippen molar-refractivity contribution in [2.75, 3.05) is 0 Å². The van der Waals surface area contributed by atoms with Crippen LogP contribution in [0.25, 0.3) is 43.4 Å². The van der Waals surface area contributed by atoms with E-state index in [2.05, 4.69) is 84.8 Å². The van der Waals surface area contributed by atoms with E-state index in [4.69, 9.17) is 6.42 Å². The molecule has 0 saturated heterocycles. The molecule has 5 aromatic carbocycles. The van der Waals surface area contributed by atoms with E-state index >= 15 is 0 Å². The van der Waals surface area contributed by atoms with Gasteiger partial charge in [0.15, 0.2) is 0 Å². The van der Waals surface area contributed by atoms with Gasteiger partial charge in [-0.2, -0.15) is 0 Å². The molecule has 0 aliphatic rings. The summed E-state index contributed by atoms with van der Waals surface area (Å²) in [4.78, 5) is 0. The molecular weight excluding hydrogens is 288 g/mol. The monoisotopic (exact) mass is 302 g/mol. The quantitative estimate of drug-likeness (QED) is 0.254. The minimum atomic E-state index is 0.958. The van der Waals surface area contributed by atoms with Gasteiger partial charge in [-0.1, -0.05) is 72.7 Å². The van der Waals surface area contributed by atoms with Gasteiger partial charge < -0.3 is 0 Å². The Bertz CT molecular complexity index is 1240. The van der Waals surface area contributed by atoms with Crippen molar-refractivity contribution in [3.8, 4) is 23.5 Å². The second kappa shape index (κ2) is 4.85. The second-order valence-corrected chi connectivity index (χ2v) is 6.16. The lowest BCUT2D eigenvalue weighted by Gasteiger charge is -2.16. The predicted octanol–water partition coefficient (Wildman–Crippen LogP) is 6.23. The molecule has 0 radical (unpaired) electrons. The highest BCUT2D eigenvalue weighted by Crippen LogP contribution is 2.40. The summed E-state index contributed by atoms with van der Waals surface area (Å²) in [5.74, 6) is 2.84. The smallest absolute Gasteiger partial charge is 0.0321 e. The van der Waals surface area contributed by atoms with Crippen molar-refractivity contribution >= 4 is 32.3 Å². The van der Waals surface area contributed by atoms with Crippen LogP contribution < -0.4 is 0 Å². The molecule has 0 nitrogen and oxygen atoms in total. The van der Waals surface area contributed by atoms with E-state index in [1.165, 1.54) is 38.1 Å². The molecule has 0 aromatic heterocycles. The molecular formula is C24H14. The standard InChI is InChI=1S/C24H14/c1-2-16-11-14-21-22(17-7-4-3-5-8-17)15-19-10-6-9-18-12-13-20(16)24(21)23(18)19/h1,3-15H. The topological polar surface area (TPSA) is 0 Å². The van der Waals surface area contributed by atoms with E-state index in [-0.39, 0.29) is 0 Å². The molecule has 0 aliphatic heterocycles. The molecule has 24 heavy (non-hydrogen) atoms. The van der Waals surface area contributed by atoms with Gasteiger partial charge in [-0.3, -0.25) is 0 Å². The first-order chi connectivity index (χ1) is 11.9. The third kappa shape index (κ3) is 1.70. The zero-order chi connectivity index (χ0) is 16.1. The van der Waals surface area contributed by atoms with Gasteiger partial charge >= 0.3 is 0 Å². The zero-order valence-electron chi connectivity index (χ0n) is 13.1. The number of terminal acetylenes is 1. The van der Waals surface area contributed by atoms with E-state index in [0.29, 0.717) is 0 Å². The minimum absolute atomic E-state index is 0.958. The molecule has 0 bridgehead atoms. The van der Waals surface area contributed by atoms with Gasteiger partial charge in [0.1, 0.15) is 0 Å². The lowest BCUT2D eigenvalue weighted by atomic mass is 9.87. The van der Waals surface area contributed by atoms with Gasteiger partial charge in [0, 0.05) is 5.56 Å². The molecule has 0 heterocycles. The summed E-state index contributed by atoms with van der Waals surface area (Å²) in [6.45, 7) is 0. The molecule has 5 rings (SSSR count). The minimum Gasteiger partial charge on any atom is -0.115 e. The van der Waals surface area contributed by atoms with Crippen LogP contribution in [0, 0.1) is 12.3 Å². The Morgan fingerprint density at radius 3 is 2.25 bits per heavy atom. The summed E-state index contributed by atoms with van der Waals surface area (Å²) in [6, 6.07) is 27.9. The van der Waals surface area contributed by atoms with Gasteiger partial charge in [0.2, 0.25) is 0 Å². The number of benzene rings is 5. The largest absolute Gasteiger partial charge is 0.115 e. The van der Waals surface area contributed by atoms with Crippen LogP contribution in [0.4, 0.5) is 0 Å². The lowest BCUT2D eigenvalue weighted by Crippen LogP contribution is -1.90. The molecule has 110 valence electrons. The van der Waals surface area contributed by atoms with E-state index in [1.54, 1.807) is 0 Å². The van der Waals surface area contributed by atoms with Crippen LogP contribution in [0.1, 0.15) is 5.56 Å². The maximum Gasteiger partial charge on any atom is 0.0321 e. The Morgan fingerprint density at radius 2 is 1.42 bits per heavy atom. The van der Waals surface area contributed by atoms with Crippen molar-refractivity contribution in [2.45, 2.75) is 0 Å². The van der Waals surface area contributed by atoms with E-state index in [1.807, 2.05) is 0 Å². The van der Waals surface area contributed by atoms with Crippen LogP contribution in [-0.2, 0) is 0 Å². The van der Waals surface area contributed by atoms with Crippen molar-refractivity contribution < 1.29 is 0 Å². The highest BCUT2D eigenvalue weighted by Gasteiger charge is 2.14. The first-order valence-corrected chi connectivity index (χ1v) is 8.09. The van der Waals surface area contributed by atoms with Crippen LogP contribution in [-0.4, -0.2) is 0 Å². The zero-order valence-corrected chi connectivity index (χ0v) is 13.1. The fraction of sp³-hybridized carbons (Fsp3) is 0. The van der Waals surface area contributed by atoms with Crippen LogP contribution in [0.5, 0.6) is 0 Å². The Morgan fingerprint density at radius 1 is 0.625 bits per heavy atom. The summed E-state index contributed by atoms with van der Waals surface area (Å²) >= 11 is 0. The molecule has 0 saturated carbocycles. The fourth-order valence-electron chi connectivity index (χ4n) is 3.81. The number of hydrogen-bond donors (Lipinski definition) is 0. The normalized spacial score (nSPS) is 11.3. The van der Waals surface area contributed by atoms with E-state index in [9.17, 15) is 0 Å². The number of rotatable bonds is 1. The molecule has 0 atom stereocenters. The summed E-state index contributed by atoms with van der Waals surface area (Å²) in [5.41, 5.74) is 3.45. The summed E-state index contributed by atoms with van der Waals surface area (Å²) in [7, 11) is 0. The van der Waals surface area contributed by atoms with Gasteiger partial charge in [-0.25, -0.2) is 0 Å². The van der Waals surface area contributed by atoms with Gasteiger partial charge in [0.05, 0.1) is 0 Å². The van der Waals surface area contributed by atoms with Crippen LogP contribution in [0.15, 0.2) is 78.9 Å². The van der Waals surface area contributed by atoms with Gasteiger partial charge in [0.25, 0.3) is 0 Å². The van der Waals surface area contributed by atoms with Crippen molar-refractivity contribution in [1.29, 1.82) is 0 Å². The third-order valence-electron chi connectivity index (χ3n) is 4.88. The Hall–Kier alpha value is -3.30. The van der Waals surface area contributed by atoms with Crippen molar-refractivity contribution in [2.24, 2.45) is 0 Å². The second-order valence-electron chi connectivity index (χ2n) is 6.16. The van der Waals surface area contributed by atoms with Crippen LogP contribution in [0.2, 0.25) is 0 Å². The maximum atomic E-state index is 5.75. The molecule has 0 fully saturated rings. The van der Waals surface area contributed by atoms with Crippen molar-refractivity contribution in [1.82, 2.24) is 0 Å². The third-order valence-corrected chi connectivity index (χ3v) is 4.88. The Labute approximate surface area is 140 Å². The highest BCUT2D eigenvalue weighted by atomic mass is 14.2. The average Bonchev–Trinajstić information content (AvgIpc) is 2.66. The maximum absolute atomic E-state index is 5.75. The Balaban J connectivity index is 2.08. The lowest BCUT2D eigenvalue weighted by molar-refractivity contribution is 1.66. The first-order valence-electron chi connectivity index (χ1n) is 8.09. The van der Waals surface area contributed by atoms with E-state index < -0.39 is 0 Å². The first kappa shape index (κ1) is 13.2. The summed E-state index contributed by atoms with van der Waals surface area (Å²) < 4.78 is 0. The fourth-order valence-corrected chi connectivity index (χ4v) is 3.81. The molecule has 0 heteroatoms. The van der Waals surface area contributed by atoms with Crippen LogP contribution >= 0.6 is 0 Å². The average molecular weight is 302 g/mol. The van der Waals surface area contributed by atoms with Gasteiger partial charge in [-0.15, -0.1) is 6.42 Å². The highest BCUT2D eigenvalue weighted by molar-refractivity contribution is 6.27. The Kier molecular flexibility index (Phi) is 2.66. The molecule has 0 amide bonds. The van der Waals surface area contributed by atoms with Gasteiger partial charge in [-0.05, 0) is 55.6 Å².